The molecule has 1 aromatic heterocycles. The molecule has 0 saturated carbocycles. The largest absolute Gasteiger partial charge is 0.443 e. The van der Waals surface area contributed by atoms with Crippen molar-refractivity contribution in [3.05, 3.63) is 34.8 Å². The molecule has 3 aliphatic rings. The number of ether oxygens (including phenoxy) is 1. The minimum atomic E-state index is -0.417. The topological polar surface area (TPSA) is 54.5 Å². The Labute approximate surface area is 161 Å². The van der Waals surface area contributed by atoms with Crippen LogP contribution in [0.25, 0.3) is 10.4 Å². The molecule has 25 heavy (non-hydrogen) atoms. The molecule has 8 heteroatoms. The van der Waals surface area contributed by atoms with Crippen LogP contribution in [0.1, 0.15) is 19.3 Å². The number of aromatic nitrogens is 1. The van der Waals surface area contributed by atoms with E-state index in [4.69, 9.17) is 16.3 Å². The van der Waals surface area contributed by atoms with Gasteiger partial charge in [0.25, 0.3) is 0 Å². The van der Waals surface area contributed by atoms with Crippen LogP contribution in [0, 0.1) is 0 Å². The van der Waals surface area contributed by atoms with Crippen molar-refractivity contribution in [2.45, 2.75) is 24.9 Å². The molecule has 4 heterocycles. The van der Waals surface area contributed by atoms with Gasteiger partial charge in [0.05, 0.1) is 10.4 Å². The van der Waals surface area contributed by atoms with Crippen molar-refractivity contribution in [2.24, 2.45) is 0 Å². The van der Waals surface area contributed by atoms with Crippen molar-refractivity contribution in [3.63, 3.8) is 0 Å². The number of nitrogens with one attached hydrogen (secondary N) is 1. The highest BCUT2D eigenvalue weighted by atomic mass is 35.5. The van der Waals surface area contributed by atoms with Gasteiger partial charge in [-0.25, -0.2) is 9.78 Å². The zero-order valence-electron chi connectivity index (χ0n) is 13.5. The van der Waals surface area contributed by atoms with Gasteiger partial charge in [-0.15, -0.1) is 23.7 Å². The van der Waals surface area contributed by atoms with Crippen LogP contribution >= 0.6 is 35.3 Å². The van der Waals surface area contributed by atoms with Gasteiger partial charge >= 0.3 is 6.09 Å². The van der Waals surface area contributed by atoms with Crippen LogP contribution < -0.4 is 5.32 Å². The molecule has 5 rings (SSSR count). The third kappa shape index (κ3) is 3.92. The minimum Gasteiger partial charge on any atom is -0.443 e. The predicted molar refractivity (Wildman–Crippen MR) is 103 cm³/mol. The Hall–Kier alpha value is -1.34. The minimum absolute atomic E-state index is 0. The summed E-state index contributed by atoms with van der Waals surface area (Å²) >= 11 is 7.52. The van der Waals surface area contributed by atoms with Gasteiger partial charge in [0.1, 0.15) is 5.60 Å². The molecule has 0 unspecified atom stereocenters. The molecule has 0 aliphatic carbocycles. The van der Waals surface area contributed by atoms with Crippen LogP contribution in [0.4, 0.5) is 10.6 Å². The summed E-state index contributed by atoms with van der Waals surface area (Å²) in [5.41, 5.74) is 2.35. The average molecular weight is 400 g/mol. The van der Waals surface area contributed by atoms with E-state index in [0.29, 0.717) is 10.8 Å². The fourth-order valence-electron chi connectivity index (χ4n) is 3.44. The molecular weight excluding hydrogens is 381 g/mol. The zero-order chi connectivity index (χ0) is 16.6. The lowest BCUT2D eigenvalue weighted by Gasteiger charge is -2.47. The van der Waals surface area contributed by atoms with E-state index in [9.17, 15) is 4.79 Å². The van der Waals surface area contributed by atoms with Crippen molar-refractivity contribution in [2.75, 3.05) is 25.0 Å². The molecule has 2 bridgehead atoms. The highest BCUT2D eigenvalue weighted by Gasteiger charge is 2.42. The summed E-state index contributed by atoms with van der Waals surface area (Å²) in [6.45, 7) is 3.03. The van der Waals surface area contributed by atoms with Crippen molar-refractivity contribution in [3.8, 4) is 10.4 Å². The number of fused-ring (bicyclic) bond motifs is 3. The molecule has 0 spiro atoms. The molecule has 1 amide bonds. The van der Waals surface area contributed by atoms with E-state index in [0.717, 1.165) is 49.3 Å². The first-order valence-corrected chi connectivity index (χ1v) is 9.31. The smallest absolute Gasteiger partial charge is 0.413 e. The number of hydrogen-bond acceptors (Lipinski definition) is 5. The van der Waals surface area contributed by atoms with E-state index < -0.39 is 6.09 Å². The van der Waals surface area contributed by atoms with Crippen molar-refractivity contribution in [1.82, 2.24) is 9.88 Å². The highest BCUT2D eigenvalue weighted by molar-refractivity contribution is 7.13. The van der Waals surface area contributed by atoms with Crippen molar-refractivity contribution < 1.29 is 9.53 Å². The Kier molecular flexibility index (Phi) is 5.53. The second-order valence-electron chi connectivity index (χ2n) is 6.33. The van der Waals surface area contributed by atoms with Crippen LogP contribution in [0.2, 0.25) is 5.02 Å². The van der Waals surface area contributed by atoms with E-state index in [-0.39, 0.29) is 18.0 Å². The summed E-state index contributed by atoms with van der Waals surface area (Å²) in [5.74, 6) is 0.525. The van der Waals surface area contributed by atoms with E-state index in [2.05, 4.69) is 15.2 Å². The fourth-order valence-corrected chi connectivity index (χ4v) is 4.37. The molecule has 134 valence electrons. The number of amides is 1. The van der Waals surface area contributed by atoms with Crippen molar-refractivity contribution >= 4 is 47.3 Å². The van der Waals surface area contributed by atoms with Crippen molar-refractivity contribution in [1.29, 1.82) is 0 Å². The maximum absolute atomic E-state index is 12.4. The molecular formula is C17H19Cl2N3O2S. The third-order valence-electron chi connectivity index (χ3n) is 4.83. The summed E-state index contributed by atoms with van der Waals surface area (Å²) in [6, 6.07) is 7.52. The van der Waals surface area contributed by atoms with Gasteiger partial charge in [0, 0.05) is 43.9 Å². The van der Waals surface area contributed by atoms with E-state index in [1.807, 2.05) is 24.3 Å². The normalized spacial score (nSPS) is 24.4. The van der Waals surface area contributed by atoms with Crippen LogP contribution in [0.5, 0.6) is 0 Å². The van der Waals surface area contributed by atoms with Gasteiger partial charge in [-0.3, -0.25) is 5.32 Å². The van der Waals surface area contributed by atoms with Crippen LogP contribution in [-0.4, -0.2) is 41.2 Å². The zero-order valence-corrected chi connectivity index (χ0v) is 15.9. The van der Waals surface area contributed by atoms with Crippen LogP contribution in [-0.2, 0) is 4.74 Å². The number of anilines is 1. The predicted octanol–water partition coefficient (Wildman–Crippen LogP) is 4.67. The second kappa shape index (κ2) is 7.50. The molecule has 0 radical (unpaired) electrons. The van der Waals surface area contributed by atoms with Crippen LogP contribution in [0.3, 0.4) is 0 Å². The highest BCUT2D eigenvalue weighted by Crippen LogP contribution is 2.36. The average Bonchev–Trinajstić information content (AvgIpc) is 3.04. The number of benzene rings is 1. The first kappa shape index (κ1) is 18.5. The summed E-state index contributed by atoms with van der Waals surface area (Å²) in [5, 5.41) is 3.47. The Morgan fingerprint density at radius 1 is 1.28 bits per heavy atom. The summed E-state index contributed by atoms with van der Waals surface area (Å²) in [7, 11) is 0. The maximum atomic E-state index is 12.4. The first-order chi connectivity index (χ1) is 11.6. The summed E-state index contributed by atoms with van der Waals surface area (Å²) in [6.07, 6.45) is 2.33. The van der Waals surface area contributed by atoms with Gasteiger partial charge in [-0.1, -0.05) is 23.7 Å². The Balaban J connectivity index is 0.00000182. The SMILES string of the molecule is Cl.O=C(Nc1ncsc1-c1cccc(Cl)c1)OC12CCN(CC1)CC2. The van der Waals surface area contributed by atoms with Gasteiger partial charge in [-0.05, 0) is 17.7 Å². The maximum Gasteiger partial charge on any atom is 0.413 e. The second-order valence-corrected chi connectivity index (χ2v) is 7.62. The molecule has 1 aromatic carbocycles. The standard InChI is InChI=1S/C17H18ClN3O2S.ClH/c18-13-3-1-2-12(10-13)14-15(19-11-24-14)20-16(22)23-17-4-7-21(8-5-17)9-6-17;/h1-3,10-11H,4-9H2,(H,20,22);1H. The Morgan fingerprint density at radius 3 is 2.68 bits per heavy atom. The molecule has 1 N–H and O–H groups in total. The lowest BCUT2D eigenvalue weighted by molar-refractivity contribution is -0.0742. The fraction of sp³-hybridized carbons (Fsp3) is 0.412. The first-order valence-electron chi connectivity index (χ1n) is 8.05. The molecule has 3 fully saturated rings. The summed E-state index contributed by atoms with van der Waals surface area (Å²) < 4.78 is 5.82. The van der Waals surface area contributed by atoms with E-state index in [1.165, 1.54) is 11.3 Å². The van der Waals surface area contributed by atoms with Gasteiger partial charge < -0.3 is 9.64 Å². The number of hydrogen-bond donors (Lipinski definition) is 1. The van der Waals surface area contributed by atoms with E-state index >= 15 is 0 Å². The number of carbonyl (C=O) groups is 1. The van der Waals surface area contributed by atoms with Gasteiger partial charge in [0.15, 0.2) is 5.82 Å². The Morgan fingerprint density at radius 2 is 2.00 bits per heavy atom. The number of piperidine rings is 3. The summed E-state index contributed by atoms with van der Waals surface area (Å²) in [4.78, 5) is 20.0. The molecule has 5 nitrogen and oxygen atoms in total. The number of thiazole rings is 1. The number of rotatable bonds is 3. The number of carbonyl (C=O) groups excluding carboxylic acids is 1. The quantitative estimate of drug-likeness (QED) is 0.814. The lowest BCUT2D eigenvalue weighted by atomic mass is 9.83. The van der Waals surface area contributed by atoms with Gasteiger partial charge in [0.2, 0.25) is 0 Å². The number of nitrogens with zero attached hydrogens (tertiary/aromatic N) is 2. The molecule has 3 saturated heterocycles. The lowest BCUT2D eigenvalue weighted by Crippen LogP contribution is -2.54. The third-order valence-corrected chi connectivity index (χ3v) is 5.95. The monoisotopic (exact) mass is 399 g/mol. The molecule has 2 aromatic rings. The van der Waals surface area contributed by atoms with E-state index in [1.54, 1.807) is 5.51 Å². The molecule has 0 atom stereocenters. The molecule has 3 aliphatic heterocycles. The Bertz CT molecular complexity index is 746. The van der Waals surface area contributed by atoms with Crippen LogP contribution in [0.15, 0.2) is 29.8 Å². The van der Waals surface area contributed by atoms with Gasteiger partial charge in [-0.2, -0.15) is 0 Å². The number of halogens is 2.